The molecule has 0 bridgehead atoms. The van der Waals surface area contributed by atoms with Crippen molar-refractivity contribution in [2.24, 2.45) is 0 Å². The number of carbonyl (C=O) groups excluding carboxylic acids is 1. The average molecular weight is 267 g/mol. The molecule has 0 aliphatic carbocycles. The minimum absolute atomic E-state index is 0.189. The second-order valence-corrected chi connectivity index (χ2v) is 4.08. The number of unbranched alkanes of at least 4 members (excludes halogenated alkanes) is 2. The molecule has 1 rings (SSSR count). The van der Waals surface area contributed by atoms with Gasteiger partial charge in [-0.1, -0.05) is 6.07 Å². The highest BCUT2D eigenvalue weighted by Gasteiger charge is 2.17. The van der Waals surface area contributed by atoms with E-state index in [0.717, 1.165) is 19.3 Å². The van der Waals surface area contributed by atoms with Gasteiger partial charge in [0.15, 0.2) is 0 Å². The number of hydrogen-bond acceptors (Lipinski definition) is 4. The Bertz CT molecular complexity index is 384. The molecule has 5 nitrogen and oxygen atoms in total. The summed E-state index contributed by atoms with van der Waals surface area (Å²) in [7, 11) is 3.04. The van der Waals surface area contributed by atoms with Crippen LogP contribution in [0, 0.1) is 0 Å². The van der Waals surface area contributed by atoms with Gasteiger partial charge in [-0.3, -0.25) is 4.79 Å². The van der Waals surface area contributed by atoms with Crippen LogP contribution in [-0.2, 0) is 0 Å². The summed E-state index contributed by atoms with van der Waals surface area (Å²) in [6, 6.07) is 5.22. The lowest BCUT2D eigenvalue weighted by Gasteiger charge is -2.12. The molecule has 0 spiro atoms. The van der Waals surface area contributed by atoms with Crippen LogP contribution in [0.15, 0.2) is 18.2 Å². The molecule has 5 heteroatoms. The first-order valence-corrected chi connectivity index (χ1v) is 6.34. The second kappa shape index (κ2) is 8.37. The molecule has 0 aliphatic rings. The fraction of sp³-hybridized carbons (Fsp3) is 0.500. The summed E-state index contributed by atoms with van der Waals surface area (Å²) in [4.78, 5) is 12.1. The van der Waals surface area contributed by atoms with E-state index in [2.05, 4.69) is 5.32 Å². The number of nitrogens with one attached hydrogen (secondary N) is 1. The highest BCUT2D eigenvalue weighted by Crippen LogP contribution is 2.27. The average Bonchev–Trinajstić information content (AvgIpc) is 2.45. The van der Waals surface area contributed by atoms with Crippen LogP contribution < -0.4 is 14.8 Å². The predicted octanol–water partition coefficient (Wildman–Crippen LogP) is 1.60. The molecule has 0 aliphatic heterocycles. The van der Waals surface area contributed by atoms with E-state index in [-0.39, 0.29) is 12.5 Å². The van der Waals surface area contributed by atoms with Gasteiger partial charge in [0.05, 0.1) is 14.2 Å². The molecular formula is C14H21NO4. The van der Waals surface area contributed by atoms with Crippen molar-refractivity contribution < 1.29 is 19.4 Å². The molecule has 0 fully saturated rings. The van der Waals surface area contributed by atoms with Crippen LogP contribution in [0.5, 0.6) is 11.5 Å². The van der Waals surface area contributed by atoms with Crippen LogP contribution in [-0.4, -0.2) is 38.4 Å². The quantitative estimate of drug-likeness (QED) is 0.702. The Hall–Kier alpha value is -1.75. The van der Waals surface area contributed by atoms with E-state index in [4.69, 9.17) is 14.6 Å². The van der Waals surface area contributed by atoms with Crippen LogP contribution in [0.4, 0.5) is 0 Å². The number of hydrogen-bond donors (Lipinski definition) is 2. The first-order chi connectivity index (χ1) is 9.24. The van der Waals surface area contributed by atoms with Crippen molar-refractivity contribution in [3.63, 3.8) is 0 Å². The summed E-state index contributed by atoms with van der Waals surface area (Å²) >= 11 is 0. The fourth-order valence-corrected chi connectivity index (χ4v) is 1.78. The molecule has 0 saturated heterocycles. The lowest BCUT2D eigenvalue weighted by Crippen LogP contribution is -2.25. The van der Waals surface area contributed by atoms with E-state index in [0.29, 0.717) is 23.6 Å². The van der Waals surface area contributed by atoms with Crippen LogP contribution in [0.25, 0.3) is 0 Å². The number of carbonyl (C=O) groups is 1. The molecule has 0 unspecified atom stereocenters. The van der Waals surface area contributed by atoms with E-state index in [1.807, 2.05) is 0 Å². The summed E-state index contributed by atoms with van der Waals surface area (Å²) < 4.78 is 10.4. The first kappa shape index (κ1) is 15.3. The van der Waals surface area contributed by atoms with Crippen molar-refractivity contribution in [2.75, 3.05) is 27.4 Å². The van der Waals surface area contributed by atoms with Gasteiger partial charge in [-0.15, -0.1) is 0 Å². The molecule has 0 saturated carbocycles. The highest BCUT2D eigenvalue weighted by atomic mass is 16.5. The van der Waals surface area contributed by atoms with E-state index < -0.39 is 0 Å². The summed E-state index contributed by atoms with van der Waals surface area (Å²) in [5.74, 6) is 0.776. The maximum atomic E-state index is 12.1. The fourth-order valence-electron chi connectivity index (χ4n) is 1.78. The van der Waals surface area contributed by atoms with E-state index in [1.165, 1.54) is 14.2 Å². The molecule has 0 heterocycles. The monoisotopic (exact) mass is 267 g/mol. The largest absolute Gasteiger partial charge is 0.496 e. The number of ether oxygens (including phenoxy) is 2. The zero-order valence-corrected chi connectivity index (χ0v) is 11.4. The molecule has 0 radical (unpaired) electrons. The van der Waals surface area contributed by atoms with Gasteiger partial charge in [0, 0.05) is 13.2 Å². The Balaban J connectivity index is 2.65. The molecule has 1 amide bonds. The number of methoxy groups -OCH3 is 2. The van der Waals surface area contributed by atoms with E-state index >= 15 is 0 Å². The molecular weight excluding hydrogens is 246 g/mol. The van der Waals surface area contributed by atoms with Gasteiger partial charge >= 0.3 is 0 Å². The van der Waals surface area contributed by atoms with Crippen LogP contribution >= 0.6 is 0 Å². The number of aliphatic hydroxyl groups is 1. The highest BCUT2D eigenvalue weighted by molar-refractivity contribution is 5.99. The minimum Gasteiger partial charge on any atom is -0.496 e. The zero-order chi connectivity index (χ0) is 14.1. The summed E-state index contributed by atoms with van der Waals surface area (Å²) in [6.07, 6.45) is 2.48. The normalized spacial score (nSPS) is 10.1. The smallest absolute Gasteiger partial charge is 0.258 e. The summed E-state index contributed by atoms with van der Waals surface area (Å²) in [6.45, 7) is 0.758. The van der Waals surface area contributed by atoms with Gasteiger partial charge < -0.3 is 19.9 Å². The third kappa shape index (κ3) is 4.44. The lowest BCUT2D eigenvalue weighted by atomic mass is 10.1. The van der Waals surface area contributed by atoms with Crippen molar-refractivity contribution in [3.8, 4) is 11.5 Å². The summed E-state index contributed by atoms with van der Waals surface area (Å²) in [5, 5.41) is 11.5. The molecule has 1 aromatic carbocycles. The van der Waals surface area contributed by atoms with Crippen LogP contribution in [0.2, 0.25) is 0 Å². The molecule has 0 atom stereocenters. The number of amides is 1. The Morgan fingerprint density at radius 1 is 1.16 bits per heavy atom. The van der Waals surface area contributed by atoms with Gasteiger partial charge in [-0.25, -0.2) is 0 Å². The molecule has 106 valence electrons. The predicted molar refractivity (Wildman–Crippen MR) is 72.8 cm³/mol. The maximum absolute atomic E-state index is 12.1. The van der Waals surface area contributed by atoms with Crippen LogP contribution in [0.3, 0.4) is 0 Å². The molecule has 1 aromatic rings. The number of aliphatic hydroxyl groups excluding tert-OH is 1. The van der Waals surface area contributed by atoms with Crippen molar-refractivity contribution in [1.29, 1.82) is 0 Å². The second-order valence-electron chi connectivity index (χ2n) is 4.08. The van der Waals surface area contributed by atoms with E-state index in [1.54, 1.807) is 18.2 Å². The van der Waals surface area contributed by atoms with Gasteiger partial charge in [-0.05, 0) is 31.4 Å². The third-order valence-corrected chi connectivity index (χ3v) is 2.78. The Labute approximate surface area is 113 Å². The molecule has 0 aromatic heterocycles. The van der Waals surface area contributed by atoms with Crippen molar-refractivity contribution in [1.82, 2.24) is 5.32 Å². The maximum Gasteiger partial charge on any atom is 0.258 e. The summed E-state index contributed by atoms with van der Waals surface area (Å²) in [5.41, 5.74) is 0.412. The third-order valence-electron chi connectivity index (χ3n) is 2.78. The van der Waals surface area contributed by atoms with Crippen molar-refractivity contribution >= 4 is 5.91 Å². The van der Waals surface area contributed by atoms with Crippen LogP contribution in [0.1, 0.15) is 29.6 Å². The van der Waals surface area contributed by atoms with Gasteiger partial charge in [-0.2, -0.15) is 0 Å². The Morgan fingerprint density at radius 2 is 1.79 bits per heavy atom. The zero-order valence-electron chi connectivity index (χ0n) is 11.4. The SMILES string of the molecule is COc1cccc(OC)c1C(=O)NCCCCCO. The van der Waals surface area contributed by atoms with Gasteiger partial charge in [0.1, 0.15) is 17.1 Å². The van der Waals surface area contributed by atoms with Gasteiger partial charge in [0.2, 0.25) is 0 Å². The number of benzene rings is 1. The van der Waals surface area contributed by atoms with Crippen molar-refractivity contribution in [3.05, 3.63) is 23.8 Å². The van der Waals surface area contributed by atoms with Gasteiger partial charge in [0.25, 0.3) is 5.91 Å². The van der Waals surface area contributed by atoms with E-state index in [9.17, 15) is 4.79 Å². The minimum atomic E-state index is -0.210. The van der Waals surface area contributed by atoms with Crippen molar-refractivity contribution in [2.45, 2.75) is 19.3 Å². The molecule has 19 heavy (non-hydrogen) atoms. The molecule has 2 N–H and O–H groups in total. The number of rotatable bonds is 8. The topological polar surface area (TPSA) is 67.8 Å². The Morgan fingerprint density at radius 3 is 2.32 bits per heavy atom. The lowest BCUT2D eigenvalue weighted by molar-refractivity contribution is 0.0946. The Kier molecular flexibility index (Phi) is 6.74. The first-order valence-electron chi connectivity index (χ1n) is 6.34. The standard InChI is InChI=1S/C14H21NO4/c1-18-11-7-6-8-12(19-2)13(11)14(17)15-9-4-3-5-10-16/h6-8,16H,3-5,9-10H2,1-2H3,(H,15,17).